The van der Waals surface area contributed by atoms with Crippen molar-refractivity contribution in [3.8, 4) is 0 Å². The SMILES string of the molecule is Cc1cc(N2CCCCC2)nc(CNS(=O)(=O)Cc2ccc(Cl)cc2)n1. The van der Waals surface area contributed by atoms with Crippen molar-refractivity contribution < 1.29 is 8.42 Å². The second kappa shape index (κ2) is 8.33. The topological polar surface area (TPSA) is 75.2 Å². The number of aryl methyl sites for hydroxylation is 1. The van der Waals surface area contributed by atoms with Gasteiger partial charge < -0.3 is 4.90 Å². The molecule has 6 nitrogen and oxygen atoms in total. The van der Waals surface area contributed by atoms with E-state index in [4.69, 9.17) is 11.6 Å². The minimum absolute atomic E-state index is 0.0818. The average Bonchev–Trinajstić information content (AvgIpc) is 2.62. The number of aromatic nitrogens is 2. The van der Waals surface area contributed by atoms with Crippen LogP contribution in [0.1, 0.15) is 36.3 Å². The standard InChI is InChI=1S/C18H23ClN4O2S/c1-14-11-18(23-9-3-2-4-10-23)22-17(21-14)12-20-26(24,25)13-15-5-7-16(19)8-6-15/h5-8,11,20H,2-4,9-10,12-13H2,1H3. The first kappa shape index (κ1) is 19.1. The van der Waals surface area contributed by atoms with Gasteiger partial charge in [-0.05, 0) is 43.9 Å². The molecule has 0 amide bonds. The number of halogens is 1. The molecule has 1 saturated heterocycles. The molecule has 0 unspecified atom stereocenters. The Morgan fingerprint density at radius 3 is 2.50 bits per heavy atom. The minimum atomic E-state index is -3.48. The third kappa shape index (κ3) is 5.40. The summed E-state index contributed by atoms with van der Waals surface area (Å²) in [6, 6.07) is 8.73. The van der Waals surface area contributed by atoms with E-state index in [1.807, 2.05) is 13.0 Å². The summed E-state index contributed by atoms with van der Waals surface area (Å²) in [5.74, 6) is 1.27. The van der Waals surface area contributed by atoms with E-state index in [0.717, 1.165) is 37.4 Å². The Kier molecular flexibility index (Phi) is 6.11. The van der Waals surface area contributed by atoms with Gasteiger partial charge in [0.15, 0.2) is 0 Å². The van der Waals surface area contributed by atoms with Crippen LogP contribution >= 0.6 is 11.6 Å². The molecule has 1 aromatic heterocycles. The lowest BCUT2D eigenvalue weighted by Gasteiger charge is -2.28. The highest BCUT2D eigenvalue weighted by Gasteiger charge is 2.16. The van der Waals surface area contributed by atoms with Gasteiger partial charge in [-0.1, -0.05) is 23.7 Å². The second-order valence-corrected chi connectivity index (χ2v) is 8.78. The minimum Gasteiger partial charge on any atom is -0.357 e. The molecule has 0 aliphatic carbocycles. The van der Waals surface area contributed by atoms with Gasteiger partial charge in [0.25, 0.3) is 0 Å². The van der Waals surface area contributed by atoms with Crippen LogP contribution in [0.4, 0.5) is 5.82 Å². The highest BCUT2D eigenvalue weighted by Crippen LogP contribution is 2.18. The van der Waals surface area contributed by atoms with Crippen molar-refractivity contribution in [3.63, 3.8) is 0 Å². The van der Waals surface area contributed by atoms with Crippen LogP contribution in [0.2, 0.25) is 5.02 Å². The van der Waals surface area contributed by atoms with Crippen molar-refractivity contribution in [2.24, 2.45) is 0 Å². The van der Waals surface area contributed by atoms with Crippen LogP contribution in [-0.4, -0.2) is 31.5 Å². The number of nitrogens with one attached hydrogen (secondary N) is 1. The van der Waals surface area contributed by atoms with Gasteiger partial charge in [0.2, 0.25) is 10.0 Å². The van der Waals surface area contributed by atoms with Gasteiger partial charge in [-0.3, -0.25) is 0 Å². The van der Waals surface area contributed by atoms with E-state index in [-0.39, 0.29) is 12.3 Å². The molecular formula is C18H23ClN4O2S. The molecule has 1 aliphatic heterocycles. The van der Waals surface area contributed by atoms with Crippen LogP contribution in [0.5, 0.6) is 0 Å². The molecule has 0 atom stereocenters. The van der Waals surface area contributed by atoms with E-state index in [2.05, 4.69) is 19.6 Å². The summed E-state index contributed by atoms with van der Waals surface area (Å²) in [6.45, 7) is 3.95. The predicted octanol–water partition coefficient (Wildman–Crippen LogP) is 3.05. The summed E-state index contributed by atoms with van der Waals surface area (Å²) in [5.41, 5.74) is 1.52. The summed E-state index contributed by atoms with van der Waals surface area (Å²) in [4.78, 5) is 11.2. The van der Waals surface area contributed by atoms with E-state index in [0.29, 0.717) is 16.4 Å². The molecule has 26 heavy (non-hydrogen) atoms. The fraction of sp³-hybridized carbons (Fsp3) is 0.444. The molecule has 3 rings (SSSR count). The van der Waals surface area contributed by atoms with Crippen LogP contribution in [-0.2, 0) is 22.3 Å². The number of benzene rings is 1. The van der Waals surface area contributed by atoms with E-state index >= 15 is 0 Å². The first-order chi connectivity index (χ1) is 12.4. The maximum absolute atomic E-state index is 12.3. The van der Waals surface area contributed by atoms with Crippen molar-refractivity contribution in [2.75, 3.05) is 18.0 Å². The van der Waals surface area contributed by atoms with E-state index in [9.17, 15) is 8.42 Å². The van der Waals surface area contributed by atoms with Crippen LogP contribution in [0.3, 0.4) is 0 Å². The van der Waals surface area contributed by atoms with Gasteiger partial charge >= 0.3 is 0 Å². The summed E-state index contributed by atoms with van der Waals surface area (Å²) >= 11 is 5.83. The molecule has 0 spiro atoms. The van der Waals surface area contributed by atoms with E-state index in [1.54, 1.807) is 24.3 Å². The Bertz CT molecular complexity index is 850. The summed E-state index contributed by atoms with van der Waals surface area (Å²) in [5, 5.41) is 0.581. The molecule has 1 N–H and O–H groups in total. The van der Waals surface area contributed by atoms with Crippen LogP contribution < -0.4 is 9.62 Å². The average molecular weight is 395 g/mol. The van der Waals surface area contributed by atoms with Crippen LogP contribution in [0.15, 0.2) is 30.3 Å². The Labute approximate surface area is 159 Å². The number of piperidine rings is 1. The zero-order chi connectivity index (χ0) is 18.6. The molecule has 1 aliphatic rings. The Hall–Kier alpha value is -1.70. The first-order valence-corrected chi connectivity index (χ1v) is 10.8. The highest BCUT2D eigenvalue weighted by atomic mass is 35.5. The first-order valence-electron chi connectivity index (χ1n) is 8.72. The summed E-state index contributed by atoms with van der Waals surface area (Å²) in [6.07, 6.45) is 3.57. The highest BCUT2D eigenvalue weighted by molar-refractivity contribution is 7.88. The lowest BCUT2D eigenvalue weighted by Crippen LogP contribution is -2.31. The number of nitrogens with zero attached hydrogens (tertiary/aromatic N) is 3. The zero-order valence-electron chi connectivity index (χ0n) is 14.8. The van der Waals surface area contributed by atoms with Crippen LogP contribution in [0.25, 0.3) is 0 Å². The third-order valence-corrected chi connectivity index (χ3v) is 5.84. The van der Waals surface area contributed by atoms with Crippen molar-refractivity contribution >= 4 is 27.4 Å². The second-order valence-electron chi connectivity index (χ2n) is 6.54. The Balaban J connectivity index is 1.66. The van der Waals surface area contributed by atoms with Crippen molar-refractivity contribution in [1.82, 2.24) is 14.7 Å². The number of rotatable bonds is 6. The van der Waals surface area contributed by atoms with Gasteiger partial charge in [-0.15, -0.1) is 0 Å². The number of sulfonamides is 1. The number of hydrogen-bond donors (Lipinski definition) is 1. The Morgan fingerprint density at radius 2 is 1.81 bits per heavy atom. The number of hydrogen-bond acceptors (Lipinski definition) is 5. The predicted molar refractivity (Wildman–Crippen MR) is 104 cm³/mol. The van der Waals surface area contributed by atoms with Crippen molar-refractivity contribution in [2.45, 2.75) is 38.5 Å². The van der Waals surface area contributed by atoms with Gasteiger partial charge in [0.1, 0.15) is 11.6 Å². The van der Waals surface area contributed by atoms with Crippen LogP contribution in [0, 0.1) is 6.92 Å². The molecule has 0 bridgehead atoms. The molecule has 140 valence electrons. The van der Waals surface area contributed by atoms with Gasteiger partial charge in [-0.25, -0.2) is 23.1 Å². The smallest absolute Gasteiger partial charge is 0.216 e. The molecule has 2 aromatic rings. The van der Waals surface area contributed by atoms with Gasteiger partial charge in [0, 0.05) is 29.9 Å². The quantitative estimate of drug-likeness (QED) is 0.814. The molecule has 1 aromatic carbocycles. The molecule has 8 heteroatoms. The maximum atomic E-state index is 12.3. The summed E-state index contributed by atoms with van der Waals surface area (Å²) in [7, 11) is -3.48. The molecule has 2 heterocycles. The molecular weight excluding hydrogens is 372 g/mol. The fourth-order valence-electron chi connectivity index (χ4n) is 3.00. The summed E-state index contributed by atoms with van der Waals surface area (Å²) < 4.78 is 27.2. The third-order valence-electron chi connectivity index (χ3n) is 4.29. The maximum Gasteiger partial charge on any atom is 0.216 e. The van der Waals surface area contributed by atoms with E-state index in [1.165, 1.54) is 6.42 Å². The Morgan fingerprint density at radius 1 is 1.12 bits per heavy atom. The zero-order valence-corrected chi connectivity index (χ0v) is 16.4. The van der Waals surface area contributed by atoms with E-state index < -0.39 is 10.0 Å². The molecule has 0 saturated carbocycles. The number of anilines is 1. The molecule has 0 radical (unpaired) electrons. The normalized spacial score (nSPS) is 15.2. The van der Waals surface area contributed by atoms with Crippen molar-refractivity contribution in [3.05, 3.63) is 52.4 Å². The van der Waals surface area contributed by atoms with Crippen molar-refractivity contribution in [1.29, 1.82) is 0 Å². The van der Waals surface area contributed by atoms with Gasteiger partial charge in [0.05, 0.1) is 12.3 Å². The monoisotopic (exact) mass is 394 g/mol. The lowest BCUT2D eigenvalue weighted by molar-refractivity contribution is 0.569. The lowest BCUT2D eigenvalue weighted by atomic mass is 10.1. The molecule has 1 fully saturated rings. The largest absolute Gasteiger partial charge is 0.357 e. The fourth-order valence-corrected chi connectivity index (χ4v) is 4.21. The van der Waals surface area contributed by atoms with Gasteiger partial charge in [-0.2, -0.15) is 0 Å².